The number of hydrogen-bond donors (Lipinski definition) is 0. The summed E-state index contributed by atoms with van der Waals surface area (Å²) in [6.45, 7) is 6.79. The molecule has 0 N–H and O–H groups in total. The standard InChI is InChI=1S/C14H17FO3/c1-8(2)18-14(17)12(15)13(16)11-6-5-9(3)7-10(11)4/h5-8,12H,1-4H3. The van der Waals surface area contributed by atoms with E-state index in [9.17, 15) is 14.0 Å². The summed E-state index contributed by atoms with van der Waals surface area (Å²) in [5.74, 6) is -1.98. The Labute approximate surface area is 106 Å². The third-order valence-corrected chi connectivity index (χ3v) is 2.44. The van der Waals surface area contributed by atoms with Crippen molar-refractivity contribution in [3.63, 3.8) is 0 Å². The van der Waals surface area contributed by atoms with E-state index in [2.05, 4.69) is 4.74 Å². The molecule has 0 aliphatic rings. The SMILES string of the molecule is Cc1ccc(C(=O)C(F)C(=O)OC(C)C)c(C)c1. The summed E-state index contributed by atoms with van der Waals surface area (Å²) >= 11 is 0. The lowest BCUT2D eigenvalue weighted by Gasteiger charge is -2.12. The summed E-state index contributed by atoms with van der Waals surface area (Å²) in [5.41, 5.74) is 1.85. The minimum Gasteiger partial charge on any atom is -0.460 e. The van der Waals surface area contributed by atoms with Crippen LogP contribution in [-0.4, -0.2) is 24.0 Å². The van der Waals surface area contributed by atoms with Crippen LogP contribution in [0.1, 0.15) is 35.3 Å². The van der Waals surface area contributed by atoms with Crippen molar-refractivity contribution in [2.45, 2.75) is 40.0 Å². The van der Waals surface area contributed by atoms with E-state index < -0.39 is 24.0 Å². The quantitative estimate of drug-likeness (QED) is 0.470. The Bertz CT molecular complexity index is 466. The number of ketones is 1. The lowest BCUT2D eigenvalue weighted by Crippen LogP contribution is -2.30. The summed E-state index contributed by atoms with van der Waals surface area (Å²) < 4.78 is 18.4. The Hall–Kier alpha value is -1.71. The second kappa shape index (κ2) is 5.76. The van der Waals surface area contributed by atoms with E-state index in [0.29, 0.717) is 5.56 Å². The normalized spacial score (nSPS) is 12.3. The molecule has 0 heterocycles. The molecule has 18 heavy (non-hydrogen) atoms. The first-order chi connectivity index (χ1) is 8.32. The molecule has 0 saturated heterocycles. The molecule has 3 nitrogen and oxygen atoms in total. The van der Waals surface area contributed by atoms with E-state index in [1.54, 1.807) is 32.9 Å². The summed E-state index contributed by atoms with van der Waals surface area (Å²) in [6, 6.07) is 5.01. The van der Waals surface area contributed by atoms with Gasteiger partial charge in [0.25, 0.3) is 6.17 Å². The number of alkyl halides is 1. The van der Waals surface area contributed by atoms with Gasteiger partial charge in [0.15, 0.2) is 0 Å². The minimum atomic E-state index is -2.26. The van der Waals surface area contributed by atoms with Gasteiger partial charge in [0, 0.05) is 5.56 Å². The first kappa shape index (κ1) is 14.4. The number of Topliss-reactive ketones (excluding diaryl/α,β-unsaturated/α-hetero) is 1. The van der Waals surface area contributed by atoms with Crippen molar-refractivity contribution in [3.8, 4) is 0 Å². The predicted octanol–water partition coefficient (Wildman–Crippen LogP) is 2.78. The predicted molar refractivity (Wildman–Crippen MR) is 66.4 cm³/mol. The van der Waals surface area contributed by atoms with Crippen molar-refractivity contribution in [3.05, 3.63) is 34.9 Å². The molecular weight excluding hydrogens is 235 g/mol. The molecule has 1 rings (SSSR count). The van der Waals surface area contributed by atoms with Crippen LogP contribution in [0.15, 0.2) is 18.2 Å². The van der Waals surface area contributed by atoms with Crippen LogP contribution < -0.4 is 0 Å². The molecule has 0 aliphatic carbocycles. The first-order valence-electron chi connectivity index (χ1n) is 5.79. The van der Waals surface area contributed by atoms with Crippen LogP contribution in [-0.2, 0) is 9.53 Å². The monoisotopic (exact) mass is 252 g/mol. The van der Waals surface area contributed by atoms with E-state index in [0.717, 1.165) is 5.56 Å². The van der Waals surface area contributed by atoms with Crippen molar-refractivity contribution >= 4 is 11.8 Å². The van der Waals surface area contributed by atoms with Crippen LogP contribution in [0.25, 0.3) is 0 Å². The zero-order chi connectivity index (χ0) is 13.9. The lowest BCUT2D eigenvalue weighted by molar-refractivity contribution is -0.151. The molecule has 0 spiro atoms. The van der Waals surface area contributed by atoms with Crippen molar-refractivity contribution < 1.29 is 18.7 Å². The highest BCUT2D eigenvalue weighted by Crippen LogP contribution is 2.15. The summed E-state index contributed by atoms with van der Waals surface area (Å²) in [6.07, 6.45) is -2.70. The maximum atomic E-state index is 13.7. The van der Waals surface area contributed by atoms with Gasteiger partial charge in [-0.1, -0.05) is 23.8 Å². The molecule has 4 heteroatoms. The highest BCUT2D eigenvalue weighted by atomic mass is 19.1. The molecule has 0 saturated carbocycles. The Morgan fingerprint density at radius 1 is 1.22 bits per heavy atom. The minimum absolute atomic E-state index is 0.216. The van der Waals surface area contributed by atoms with Gasteiger partial charge >= 0.3 is 5.97 Å². The van der Waals surface area contributed by atoms with Gasteiger partial charge in [-0.05, 0) is 33.3 Å². The number of benzene rings is 1. The van der Waals surface area contributed by atoms with Crippen LogP contribution in [0.5, 0.6) is 0 Å². The zero-order valence-corrected chi connectivity index (χ0v) is 11.0. The van der Waals surface area contributed by atoms with Crippen molar-refractivity contribution in [2.24, 2.45) is 0 Å². The summed E-state index contributed by atoms with van der Waals surface area (Å²) in [4.78, 5) is 23.2. The molecule has 1 aromatic rings. The second-order valence-corrected chi connectivity index (χ2v) is 4.53. The van der Waals surface area contributed by atoms with Gasteiger partial charge in [-0.2, -0.15) is 0 Å². The number of rotatable bonds is 4. The highest BCUT2D eigenvalue weighted by molar-refractivity contribution is 6.11. The van der Waals surface area contributed by atoms with Crippen LogP contribution in [0.2, 0.25) is 0 Å². The molecule has 1 aromatic carbocycles. The molecule has 0 aromatic heterocycles. The molecule has 0 bridgehead atoms. The molecular formula is C14H17FO3. The molecule has 1 unspecified atom stereocenters. The first-order valence-corrected chi connectivity index (χ1v) is 5.79. The van der Waals surface area contributed by atoms with Gasteiger partial charge in [-0.15, -0.1) is 0 Å². The fourth-order valence-corrected chi connectivity index (χ4v) is 1.63. The van der Waals surface area contributed by atoms with Gasteiger partial charge in [-0.25, -0.2) is 9.18 Å². The molecule has 0 amide bonds. The second-order valence-electron chi connectivity index (χ2n) is 4.53. The van der Waals surface area contributed by atoms with E-state index in [-0.39, 0.29) is 5.56 Å². The van der Waals surface area contributed by atoms with Crippen LogP contribution in [0.3, 0.4) is 0 Å². The van der Waals surface area contributed by atoms with Crippen LogP contribution in [0, 0.1) is 13.8 Å². The Morgan fingerprint density at radius 3 is 2.33 bits per heavy atom. The number of carbonyl (C=O) groups excluding carboxylic acids is 2. The molecule has 0 radical (unpaired) electrons. The van der Waals surface area contributed by atoms with Crippen molar-refractivity contribution in [1.29, 1.82) is 0 Å². The highest BCUT2D eigenvalue weighted by Gasteiger charge is 2.30. The number of ether oxygens (including phenoxy) is 1. The number of hydrogen-bond acceptors (Lipinski definition) is 3. The Balaban J connectivity index is 2.90. The lowest BCUT2D eigenvalue weighted by atomic mass is 10.00. The topological polar surface area (TPSA) is 43.4 Å². The summed E-state index contributed by atoms with van der Waals surface area (Å²) in [7, 11) is 0. The Kier molecular flexibility index (Phi) is 4.59. The van der Waals surface area contributed by atoms with E-state index in [1.165, 1.54) is 6.07 Å². The molecule has 0 fully saturated rings. The fraction of sp³-hybridized carbons (Fsp3) is 0.429. The van der Waals surface area contributed by atoms with Crippen molar-refractivity contribution in [1.82, 2.24) is 0 Å². The average molecular weight is 252 g/mol. The van der Waals surface area contributed by atoms with Gasteiger partial charge < -0.3 is 4.74 Å². The van der Waals surface area contributed by atoms with Gasteiger partial charge in [0.2, 0.25) is 5.78 Å². The number of carbonyl (C=O) groups is 2. The van der Waals surface area contributed by atoms with Gasteiger partial charge in [0.1, 0.15) is 0 Å². The van der Waals surface area contributed by atoms with Crippen LogP contribution >= 0.6 is 0 Å². The largest absolute Gasteiger partial charge is 0.460 e. The molecule has 1 atom stereocenters. The number of halogens is 1. The third kappa shape index (κ3) is 3.39. The van der Waals surface area contributed by atoms with Crippen LogP contribution in [0.4, 0.5) is 4.39 Å². The molecule has 0 aliphatic heterocycles. The Morgan fingerprint density at radius 2 is 1.83 bits per heavy atom. The van der Waals surface area contributed by atoms with E-state index in [1.807, 2.05) is 6.92 Å². The fourth-order valence-electron chi connectivity index (χ4n) is 1.63. The van der Waals surface area contributed by atoms with Gasteiger partial charge in [0.05, 0.1) is 6.10 Å². The maximum absolute atomic E-state index is 13.7. The van der Waals surface area contributed by atoms with Gasteiger partial charge in [-0.3, -0.25) is 4.79 Å². The van der Waals surface area contributed by atoms with Crippen molar-refractivity contribution in [2.75, 3.05) is 0 Å². The van der Waals surface area contributed by atoms with E-state index >= 15 is 0 Å². The zero-order valence-electron chi connectivity index (χ0n) is 11.0. The number of aryl methyl sites for hydroxylation is 2. The summed E-state index contributed by atoms with van der Waals surface area (Å²) in [5, 5.41) is 0. The van der Waals surface area contributed by atoms with E-state index in [4.69, 9.17) is 0 Å². The number of esters is 1. The average Bonchev–Trinajstić information content (AvgIpc) is 2.26. The smallest absolute Gasteiger partial charge is 0.349 e. The molecule has 98 valence electrons. The maximum Gasteiger partial charge on any atom is 0.349 e. The third-order valence-electron chi connectivity index (χ3n) is 2.44.